The molecule has 0 fully saturated rings. The number of nitrogens with one attached hydrogen (secondary N) is 1. The van der Waals surface area contributed by atoms with Gasteiger partial charge in [0.15, 0.2) is 5.69 Å². The van der Waals surface area contributed by atoms with Gasteiger partial charge in [0.2, 0.25) is 0 Å². The summed E-state index contributed by atoms with van der Waals surface area (Å²) < 4.78 is 41.3. The molecule has 0 aliphatic carbocycles. The van der Waals surface area contributed by atoms with Crippen LogP contribution < -0.4 is 5.32 Å². The molecular weight excluding hydrogens is 283 g/mol. The summed E-state index contributed by atoms with van der Waals surface area (Å²) in [6, 6.07) is 1.86. The molecular formula is C13H18F3N5. The van der Waals surface area contributed by atoms with Crippen molar-refractivity contribution in [3.05, 3.63) is 35.4 Å². The van der Waals surface area contributed by atoms with E-state index in [0.29, 0.717) is 6.54 Å². The minimum atomic E-state index is -4.43. The fourth-order valence-electron chi connectivity index (χ4n) is 2.08. The van der Waals surface area contributed by atoms with Gasteiger partial charge in [-0.25, -0.2) is 0 Å². The van der Waals surface area contributed by atoms with E-state index in [4.69, 9.17) is 0 Å². The number of halogens is 3. The molecule has 0 saturated heterocycles. The lowest BCUT2D eigenvalue weighted by molar-refractivity contribution is -0.142. The van der Waals surface area contributed by atoms with Crippen LogP contribution in [0.25, 0.3) is 0 Å². The third-order valence-corrected chi connectivity index (χ3v) is 2.94. The van der Waals surface area contributed by atoms with Crippen LogP contribution in [0.5, 0.6) is 0 Å². The average molecular weight is 301 g/mol. The second-order valence-electron chi connectivity index (χ2n) is 4.85. The molecule has 0 aliphatic rings. The minimum Gasteiger partial charge on any atom is -0.307 e. The maximum absolute atomic E-state index is 12.8. The number of hydrogen-bond acceptors (Lipinski definition) is 3. The summed E-state index contributed by atoms with van der Waals surface area (Å²) in [4.78, 5) is 0. The molecule has 8 heteroatoms. The first kappa shape index (κ1) is 15.6. The van der Waals surface area contributed by atoms with E-state index in [0.717, 1.165) is 18.7 Å². The van der Waals surface area contributed by atoms with Crippen molar-refractivity contribution in [2.45, 2.75) is 39.2 Å². The third-order valence-electron chi connectivity index (χ3n) is 2.94. The Balaban J connectivity index is 1.94. The molecule has 0 atom stereocenters. The van der Waals surface area contributed by atoms with Gasteiger partial charge in [-0.15, -0.1) is 0 Å². The van der Waals surface area contributed by atoms with Gasteiger partial charge in [0.25, 0.3) is 0 Å². The molecule has 0 unspecified atom stereocenters. The molecule has 0 saturated carbocycles. The number of aromatic nitrogens is 4. The van der Waals surface area contributed by atoms with Crippen LogP contribution in [0.4, 0.5) is 13.2 Å². The highest BCUT2D eigenvalue weighted by atomic mass is 19.4. The first-order chi connectivity index (χ1) is 9.90. The summed E-state index contributed by atoms with van der Waals surface area (Å²) in [6.45, 7) is 3.41. The largest absolute Gasteiger partial charge is 0.435 e. The number of nitrogens with zero attached hydrogens (tertiary/aromatic N) is 4. The highest BCUT2D eigenvalue weighted by Crippen LogP contribution is 2.30. The first-order valence-corrected chi connectivity index (χ1v) is 6.73. The Kier molecular flexibility index (Phi) is 4.66. The first-order valence-electron chi connectivity index (χ1n) is 6.73. The third kappa shape index (κ3) is 4.07. The quantitative estimate of drug-likeness (QED) is 0.891. The average Bonchev–Trinajstić information content (AvgIpc) is 2.96. The molecule has 0 amide bonds. The number of rotatable bonds is 6. The Bertz CT molecular complexity index is 585. The second kappa shape index (κ2) is 6.30. The fraction of sp³-hybridized carbons (Fsp3) is 0.538. The molecule has 0 radical (unpaired) electrons. The number of alkyl halides is 3. The van der Waals surface area contributed by atoms with Crippen molar-refractivity contribution in [2.75, 3.05) is 0 Å². The zero-order chi connectivity index (χ0) is 15.5. The van der Waals surface area contributed by atoms with E-state index in [1.54, 1.807) is 0 Å². The minimum absolute atomic E-state index is 0.101. The standard InChI is InChI=1S/C13H18F3N5/c1-3-5-21-6-4-11(18-21)8-17-7-10-9-20(2)19-12(10)13(14,15)16/h4,6,9,17H,3,5,7-8H2,1-2H3. The molecule has 2 aromatic heterocycles. The van der Waals surface area contributed by atoms with Crippen molar-refractivity contribution in [2.24, 2.45) is 7.05 Å². The number of aryl methyl sites for hydroxylation is 2. The molecule has 0 aromatic carbocycles. The van der Waals surface area contributed by atoms with E-state index in [1.165, 1.54) is 17.9 Å². The van der Waals surface area contributed by atoms with E-state index in [1.807, 2.05) is 16.9 Å². The van der Waals surface area contributed by atoms with Crippen LogP contribution >= 0.6 is 0 Å². The summed E-state index contributed by atoms with van der Waals surface area (Å²) >= 11 is 0. The van der Waals surface area contributed by atoms with Crippen LogP contribution in [0.15, 0.2) is 18.5 Å². The van der Waals surface area contributed by atoms with E-state index >= 15 is 0 Å². The monoisotopic (exact) mass is 301 g/mol. The van der Waals surface area contributed by atoms with Crippen LogP contribution in [0.3, 0.4) is 0 Å². The predicted octanol–water partition coefficient (Wildman–Crippen LogP) is 2.34. The molecule has 0 aliphatic heterocycles. The molecule has 2 aromatic rings. The zero-order valence-corrected chi connectivity index (χ0v) is 12.0. The van der Waals surface area contributed by atoms with Crippen LogP contribution in [0.1, 0.15) is 30.3 Å². The Morgan fingerprint density at radius 2 is 2.00 bits per heavy atom. The Morgan fingerprint density at radius 3 is 2.67 bits per heavy atom. The van der Waals surface area contributed by atoms with Gasteiger partial charge in [0, 0.05) is 44.6 Å². The Morgan fingerprint density at radius 1 is 1.24 bits per heavy atom. The van der Waals surface area contributed by atoms with Crippen molar-refractivity contribution in [1.29, 1.82) is 0 Å². The molecule has 5 nitrogen and oxygen atoms in total. The Hall–Kier alpha value is -1.83. The fourth-order valence-corrected chi connectivity index (χ4v) is 2.08. The van der Waals surface area contributed by atoms with Gasteiger partial charge in [-0.1, -0.05) is 6.92 Å². The van der Waals surface area contributed by atoms with Crippen molar-refractivity contribution >= 4 is 0 Å². The van der Waals surface area contributed by atoms with Crippen molar-refractivity contribution in [1.82, 2.24) is 24.9 Å². The van der Waals surface area contributed by atoms with Crippen molar-refractivity contribution in [3.63, 3.8) is 0 Å². The molecule has 0 spiro atoms. The highest BCUT2D eigenvalue weighted by Gasteiger charge is 2.36. The van der Waals surface area contributed by atoms with Gasteiger partial charge in [0.05, 0.1) is 5.69 Å². The van der Waals surface area contributed by atoms with Crippen LogP contribution in [-0.4, -0.2) is 19.6 Å². The van der Waals surface area contributed by atoms with Gasteiger partial charge in [-0.3, -0.25) is 9.36 Å². The summed E-state index contributed by atoms with van der Waals surface area (Å²) in [6.07, 6.45) is -0.197. The van der Waals surface area contributed by atoms with E-state index in [9.17, 15) is 13.2 Å². The number of hydrogen-bond donors (Lipinski definition) is 1. The van der Waals surface area contributed by atoms with Gasteiger partial charge in [0.1, 0.15) is 0 Å². The molecule has 116 valence electrons. The van der Waals surface area contributed by atoms with Gasteiger partial charge in [-0.2, -0.15) is 23.4 Å². The van der Waals surface area contributed by atoms with Gasteiger partial charge >= 0.3 is 6.18 Å². The zero-order valence-electron chi connectivity index (χ0n) is 12.0. The summed E-state index contributed by atoms with van der Waals surface area (Å²) in [5, 5.41) is 10.8. The lowest BCUT2D eigenvalue weighted by Gasteiger charge is -2.06. The topological polar surface area (TPSA) is 47.7 Å². The smallest absolute Gasteiger partial charge is 0.307 e. The van der Waals surface area contributed by atoms with Crippen LogP contribution in [-0.2, 0) is 32.9 Å². The van der Waals surface area contributed by atoms with Gasteiger partial charge < -0.3 is 5.32 Å². The molecule has 1 N–H and O–H groups in total. The van der Waals surface area contributed by atoms with E-state index in [-0.39, 0.29) is 12.1 Å². The van der Waals surface area contributed by atoms with Crippen molar-refractivity contribution < 1.29 is 13.2 Å². The lowest BCUT2D eigenvalue weighted by atomic mass is 10.2. The normalized spacial score (nSPS) is 12.0. The SMILES string of the molecule is CCCn1ccc(CNCc2cn(C)nc2C(F)(F)F)n1. The highest BCUT2D eigenvalue weighted by molar-refractivity contribution is 5.19. The maximum atomic E-state index is 12.8. The van der Waals surface area contributed by atoms with E-state index in [2.05, 4.69) is 22.4 Å². The van der Waals surface area contributed by atoms with Crippen LogP contribution in [0.2, 0.25) is 0 Å². The van der Waals surface area contributed by atoms with Gasteiger partial charge in [-0.05, 0) is 12.5 Å². The molecule has 2 rings (SSSR count). The maximum Gasteiger partial charge on any atom is 0.435 e. The summed E-state index contributed by atoms with van der Waals surface area (Å²) in [5.74, 6) is 0. The Labute approximate surface area is 120 Å². The molecule has 21 heavy (non-hydrogen) atoms. The summed E-state index contributed by atoms with van der Waals surface area (Å²) in [7, 11) is 1.48. The molecule has 2 heterocycles. The lowest BCUT2D eigenvalue weighted by Crippen LogP contribution is -2.17. The van der Waals surface area contributed by atoms with Crippen molar-refractivity contribution in [3.8, 4) is 0 Å². The second-order valence-corrected chi connectivity index (χ2v) is 4.85. The van der Waals surface area contributed by atoms with Crippen LogP contribution in [0, 0.1) is 0 Å². The predicted molar refractivity (Wildman–Crippen MR) is 71.3 cm³/mol. The van der Waals surface area contributed by atoms with E-state index < -0.39 is 11.9 Å². The summed E-state index contributed by atoms with van der Waals surface area (Å²) in [5.41, 5.74) is 0.105. The molecule has 0 bridgehead atoms.